The highest BCUT2D eigenvalue weighted by Gasteiger charge is 2.16. The van der Waals surface area contributed by atoms with Crippen LogP contribution in [0.2, 0.25) is 5.02 Å². The minimum absolute atomic E-state index is 0.155. The number of aromatic nitrogens is 3. The third-order valence-corrected chi connectivity index (χ3v) is 4.72. The molecule has 0 atom stereocenters. The van der Waals surface area contributed by atoms with Crippen molar-refractivity contribution in [3.8, 4) is 0 Å². The first-order valence-corrected chi connectivity index (χ1v) is 8.97. The summed E-state index contributed by atoms with van der Waals surface area (Å²) >= 11 is 7.34. The lowest BCUT2D eigenvalue weighted by Gasteiger charge is -2.13. The largest absolute Gasteiger partial charge is 0.307 e. The minimum Gasteiger partial charge on any atom is -0.307 e. The SMILES string of the molecule is CC(C)n1nccc1NC(=O)c1cccnc1Sc1ccc(Cl)cc1. The fraction of sp³-hybridized carbons (Fsp3) is 0.167. The quantitative estimate of drug-likeness (QED) is 0.690. The van der Waals surface area contributed by atoms with Crippen LogP contribution in [0.15, 0.2) is 64.8 Å². The molecule has 0 radical (unpaired) electrons. The number of halogens is 1. The molecule has 0 bridgehead atoms. The van der Waals surface area contributed by atoms with Gasteiger partial charge in [0.15, 0.2) is 0 Å². The van der Waals surface area contributed by atoms with E-state index in [-0.39, 0.29) is 11.9 Å². The first-order valence-electron chi connectivity index (χ1n) is 7.78. The summed E-state index contributed by atoms with van der Waals surface area (Å²) in [5, 5.41) is 8.45. The van der Waals surface area contributed by atoms with Crippen LogP contribution in [0.25, 0.3) is 0 Å². The smallest absolute Gasteiger partial charge is 0.259 e. The predicted octanol–water partition coefficient (Wildman–Crippen LogP) is 4.92. The van der Waals surface area contributed by atoms with E-state index in [4.69, 9.17) is 11.6 Å². The van der Waals surface area contributed by atoms with Gasteiger partial charge in [-0.25, -0.2) is 9.67 Å². The van der Waals surface area contributed by atoms with Gasteiger partial charge in [-0.2, -0.15) is 5.10 Å². The Bertz CT molecular complexity index is 877. The van der Waals surface area contributed by atoms with E-state index in [0.717, 1.165) is 4.90 Å². The van der Waals surface area contributed by atoms with E-state index in [0.29, 0.717) is 21.4 Å². The van der Waals surface area contributed by atoms with Gasteiger partial charge < -0.3 is 5.32 Å². The van der Waals surface area contributed by atoms with E-state index in [2.05, 4.69) is 15.4 Å². The molecule has 1 N–H and O–H groups in total. The van der Waals surface area contributed by atoms with Gasteiger partial charge in [0.05, 0.1) is 11.8 Å². The Balaban J connectivity index is 1.83. The number of amides is 1. The molecule has 0 saturated heterocycles. The second-order valence-corrected chi connectivity index (χ2v) is 7.12. The summed E-state index contributed by atoms with van der Waals surface area (Å²) in [5.41, 5.74) is 0.513. The molecule has 0 spiro atoms. The number of carbonyl (C=O) groups excluding carboxylic acids is 1. The van der Waals surface area contributed by atoms with Gasteiger partial charge in [-0.3, -0.25) is 4.79 Å². The molecular formula is C18H17ClN4OS. The minimum atomic E-state index is -0.216. The van der Waals surface area contributed by atoms with E-state index in [1.165, 1.54) is 11.8 Å². The van der Waals surface area contributed by atoms with Gasteiger partial charge in [0.25, 0.3) is 5.91 Å². The second-order valence-electron chi connectivity index (χ2n) is 5.62. The number of benzene rings is 1. The molecule has 3 rings (SSSR count). The van der Waals surface area contributed by atoms with Crippen LogP contribution in [0.4, 0.5) is 5.82 Å². The van der Waals surface area contributed by atoms with Crippen molar-refractivity contribution in [2.45, 2.75) is 29.8 Å². The van der Waals surface area contributed by atoms with Crippen molar-refractivity contribution in [2.24, 2.45) is 0 Å². The van der Waals surface area contributed by atoms with E-state index < -0.39 is 0 Å². The van der Waals surface area contributed by atoms with E-state index in [1.807, 2.05) is 38.1 Å². The van der Waals surface area contributed by atoms with Crippen molar-refractivity contribution in [1.29, 1.82) is 0 Å². The van der Waals surface area contributed by atoms with Crippen LogP contribution in [0.5, 0.6) is 0 Å². The summed E-state index contributed by atoms with van der Waals surface area (Å²) in [4.78, 5) is 18.0. The Hall–Kier alpha value is -2.31. The Morgan fingerprint density at radius 1 is 1.16 bits per heavy atom. The van der Waals surface area contributed by atoms with Gasteiger partial charge in [-0.05, 0) is 50.2 Å². The Morgan fingerprint density at radius 2 is 1.92 bits per heavy atom. The highest BCUT2D eigenvalue weighted by molar-refractivity contribution is 7.99. The molecule has 25 heavy (non-hydrogen) atoms. The Labute approximate surface area is 155 Å². The molecule has 0 aliphatic carbocycles. The van der Waals surface area contributed by atoms with Crippen molar-refractivity contribution >= 4 is 35.1 Å². The van der Waals surface area contributed by atoms with E-state index in [9.17, 15) is 4.79 Å². The topological polar surface area (TPSA) is 59.8 Å². The Morgan fingerprint density at radius 3 is 2.64 bits per heavy atom. The number of nitrogens with one attached hydrogen (secondary N) is 1. The first-order chi connectivity index (χ1) is 12.0. The van der Waals surface area contributed by atoms with Crippen LogP contribution >= 0.6 is 23.4 Å². The number of carbonyl (C=O) groups is 1. The summed E-state index contributed by atoms with van der Waals surface area (Å²) in [6, 6.07) is 12.9. The number of nitrogens with zero attached hydrogens (tertiary/aromatic N) is 3. The summed E-state index contributed by atoms with van der Waals surface area (Å²) in [5.74, 6) is 0.443. The molecule has 7 heteroatoms. The fourth-order valence-corrected chi connectivity index (χ4v) is 3.27. The van der Waals surface area contributed by atoms with Crippen LogP contribution in [-0.2, 0) is 0 Å². The van der Waals surface area contributed by atoms with Crippen LogP contribution in [0, 0.1) is 0 Å². The van der Waals surface area contributed by atoms with Crippen LogP contribution in [-0.4, -0.2) is 20.7 Å². The first kappa shape index (κ1) is 17.5. The van der Waals surface area contributed by atoms with Crippen molar-refractivity contribution in [1.82, 2.24) is 14.8 Å². The lowest BCUT2D eigenvalue weighted by atomic mass is 10.2. The zero-order valence-corrected chi connectivity index (χ0v) is 15.4. The van der Waals surface area contributed by atoms with Crippen LogP contribution < -0.4 is 5.32 Å². The van der Waals surface area contributed by atoms with Crippen molar-refractivity contribution < 1.29 is 4.79 Å². The Kier molecular flexibility index (Phi) is 5.40. The molecule has 2 heterocycles. The third kappa shape index (κ3) is 4.21. The summed E-state index contributed by atoms with van der Waals surface area (Å²) in [6.07, 6.45) is 3.34. The normalized spacial score (nSPS) is 10.9. The lowest BCUT2D eigenvalue weighted by Crippen LogP contribution is -2.17. The van der Waals surface area contributed by atoms with Crippen LogP contribution in [0.3, 0.4) is 0 Å². The molecule has 0 aliphatic heterocycles. The maximum absolute atomic E-state index is 12.7. The second kappa shape index (κ2) is 7.72. The fourth-order valence-electron chi connectivity index (χ4n) is 2.27. The molecule has 0 unspecified atom stereocenters. The number of anilines is 1. The molecule has 2 aromatic heterocycles. The van der Waals surface area contributed by atoms with Crippen molar-refractivity contribution in [3.05, 3.63) is 65.4 Å². The molecule has 5 nitrogen and oxygen atoms in total. The third-order valence-electron chi connectivity index (χ3n) is 3.44. The van der Waals surface area contributed by atoms with Gasteiger partial charge in [0.1, 0.15) is 10.8 Å². The van der Waals surface area contributed by atoms with Gasteiger partial charge in [0, 0.05) is 28.2 Å². The van der Waals surface area contributed by atoms with Crippen LogP contribution in [0.1, 0.15) is 30.2 Å². The molecule has 1 aromatic carbocycles. The average Bonchev–Trinajstić information content (AvgIpc) is 3.06. The molecule has 1 amide bonds. The standard InChI is InChI=1S/C18H17ClN4OS/c1-12(2)23-16(9-11-21-23)22-17(24)15-4-3-10-20-18(15)25-14-7-5-13(19)6-8-14/h3-12H,1-2H3,(H,22,24). The molecular weight excluding hydrogens is 356 g/mol. The van der Waals surface area contributed by atoms with Gasteiger partial charge in [-0.15, -0.1) is 0 Å². The monoisotopic (exact) mass is 372 g/mol. The number of pyridine rings is 1. The van der Waals surface area contributed by atoms with E-state index in [1.54, 1.807) is 35.3 Å². The number of hydrogen-bond donors (Lipinski definition) is 1. The maximum atomic E-state index is 12.7. The van der Waals surface area contributed by atoms with Crippen molar-refractivity contribution in [3.63, 3.8) is 0 Å². The molecule has 0 fully saturated rings. The summed E-state index contributed by atoms with van der Waals surface area (Å²) < 4.78 is 1.76. The van der Waals surface area contributed by atoms with Gasteiger partial charge in [0.2, 0.25) is 0 Å². The zero-order valence-electron chi connectivity index (χ0n) is 13.8. The lowest BCUT2D eigenvalue weighted by molar-refractivity contribution is 0.102. The number of rotatable bonds is 5. The van der Waals surface area contributed by atoms with Crippen molar-refractivity contribution in [2.75, 3.05) is 5.32 Å². The van der Waals surface area contributed by atoms with Gasteiger partial charge in [-0.1, -0.05) is 23.4 Å². The summed E-state index contributed by atoms with van der Waals surface area (Å²) in [7, 11) is 0. The maximum Gasteiger partial charge on any atom is 0.259 e. The highest BCUT2D eigenvalue weighted by atomic mass is 35.5. The van der Waals surface area contributed by atoms with E-state index >= 15 is 0 Å². The van der Waals surface area contributed by atoms with Gasteiger partial charge >= 0.3 is 0 Å². The molecule has 128 valence electrons. The zero-order chi connectivity index (χ0) is 17.8. The average molecular weight is 373 g/mol. The predicted molar refractivity (Wildman–Crippen MR) is 100 cm³/mol. The molecule has 0 saturated carbocycles. The molecule has 3 aromatic rings. The molecule has 0 aliphatic rings. The summed E-state index contributed by atoms with van der Waals surface area (Å²) in [6.45, 7) is 4.02. The number of hydrogen-bond acceptors (Lipinski definition) is 4. The highest BCUT2D eigenvalue weighted by Crippen LogP contribution is 2.30.